The van der Waals surface area contributed by atoms with E-state index < -0.39 is 9.84 Å². The van der Waals surface area contributed by atoms with Crippen LogP contribution in [0, 0.1) is 0 Å². The molecule has 1 aliphatic rings. The van der Waals surface area contributed by atoms with Crippen molar-refractivity contribution < 1.29 is 8.42 Å². The van der Waals surface area contributed by atoms with Crippen molar-refractivity contribution in [1.29, 1.82) is 0 Å². The van der Waals surface area contributed by atoms with Crippen LogP contribution in [0.5, 0.6) is 0 Å². The Morgan fingerprint density at radius 2 is 1.83 bits per heavy atom. The van der Waals surface area contributed by atoms with E-state index in [9.17, 15) is 8.42 Å². The molecular formula is C14H21NO2S. The van der Waals surface area contributed by atoms with Gasteiger partial charge in [-0.3, -0.25) is 0 Å². The molecule has 0 aromatic heterocycles. The van der Waals surface area contributed by atoms with Crippen LogP contribution in [0.25, 0.3) is 0 Å². The van der Waals surface area contributed by atoms with Crippen LogP contribution < -0.4 is 5.32 Å². The van der Waals surface area contributed by atoms with Gasteiger partial charge in [-0.2, -0.15) is 0 Å². The van der Waals surface area contributed by atoms with Gasteiger partial charge in [0.05, 0.1) is 11.5 Å². The molecule has 0 amide bonds. The highest BCUT2D eigenvalue weighted by Crippen LogP contribution is 2.13. The molecule has 0 spiro atoms. The van der Waals surface area contributed by atoms with E-state index in [1.165, 1.54) is 5.56 Å². The van der Waals surface area contributed by atoms with E-state index >= 15 is 0 Å². The molecule has 3 nitrogen and oxygen atoms in total. The van der Waals surface area contributed by atoms with E-state index in [1.54, 1.807) is 0 Å². The Hall–Kier alpha value is -0.870. The first-order chi connectivity index (χ1) is 8.55. The first kappa shape index (κ1) is 13.6. The van der Waals surface area contributed by atoms with Crippen molar-refractivity contribution in [1.82, 2.24) is 5.32 Å². The van der Waals surface area contributed by atoms with E-state index in [0.717, 1.165) is 19.3 Å². The maximum absolute atomic E-state index is 11.3. The zero-order valence-electron chi connectivity index (χ0n) is 10.8. The molecule has 1 saturated heterocycles. The molecule has 0 saturated carbocycles. The molecule has 0 radical (unpaired) electrons. The predicted octanol–water partition coefficient (Wildman–Crippen LogP) is 1.78. The van der Waals surface area contributed by atoms with Crippen molar-refractivity contribution in [2.24, 2.45) is 0 Å². The molecule has 1 N–H and O–H groups in total. The average Bonchev–Trinajstić information content (AvgIpc) is 2.33. The van der Waals surface area contributed by atoms with Crippen LogP contribution in [0.3, 0.4) is 0 Å². The minimum atomic E-state index is -2.75. The maximum Gasteiger partial charge on any atom is 0.150 e. The molecule has 1 aromatic carbocycles. The van der Waals surface area contributed by atoms with Crippen LogP contribution in [0.15, 0.2) is 30.3 Å². The molecular weight excluding hydrogens is 246 g/mol. The van der Waals surface area contributed by atoms with Crippen molar-refractivity contribution >= 4 is 9.84 Å². The Kier molecular flexibility index (Phi) is 4.40. The number of hydrogen-bond donors (Lipinski definition) is 1. The van der Waals surface area contributed by atoms with Crippen molar-refractivity contribution in [3.8, 4) is 0 Å². The molecule has 1 heterocycles. The van der Waals surface area contributed by atoms with Gasteiger partial charge in [0.25, 0.3) is 0 Å². The minimum absolute atomic E-state index is 0.336. The van der Waals surface area contributed by atoms with E-state index in [4.69, 9.17) is 0 Å². The highest BCUT2D eigenvalue weighted by Gasteiger charge is 2.24. The summed E-state index contributed by atoms with van der Waals surface area (Å²) in [5, 5.41) is 3.54. The van der Waals surface area contributed by atoms with Gasteiger partial charge in [0.1, 0.15) is 9.84 Å². The topological polar surface area (TPSA) is 46.2 Å². The van der Waals surface area contributed by atoms with Crippen LogP contribution in [-0.2, 0) is 16.3 Å². The summed E-state index contributed by atoms with van der Waals surface area (Å²) in [5.41, 5.74) is 1.32. The second-order valence-corrected chi connectivity index (χ2v) is 7.49. The number of rotatable bonds is 4. The van der Waals surface area contributed by atoms with Gasteiger partial charge in [0.2, 0.25) is 0 Å². The fourth-order valence-electron chi connectivity index (χ4n) is 2.49. The molecule has 1 aliphatic heterocycles. The van der Waals surface area contributed by atoms with Gasteiger partial charge < -0.3 is 5.32 Å². The van der Waals surface area contributed by atoms with E-state index in [-0.39, 0.29) is 0 Å². The largest absolute Gasteiger partial charge is 0.311 e. The first-order valence-electron chi connectivity index (χ1n) is 6.55. The molecule has 1 aromatic rings. The third-order valence-corrected chi connectivity index (χ3v) is 5.17. The van der Waals surface area contributed by atoms with Gasteiger partial charge in [-0.05, 0) is 31.7 Å². The summed E-state index contributed by atoms with van der Waals surface area (Å²) in [6, 6.07) is 11.1. The number of sulfone groups is 1. The Morgan fingerprint density at radius 1 is 1.22 bits per heavy atom. The molecule has 4 heteroatoms. The highest BCUT2D eigenvalue weighted by atomic mass is 32.2. The number of nitrogens with one attached hydrogen (secondary N) is 1. The summed E-state index contributed by atoms with van der Waals surface area (Å²) in [4.78, 5) is 0. The molecule has 18 heavy (non-hydrogen) atoms. The summed E-state index contributed by atoms with van der Waals surface area (Å²) in [7, 11) is -2.75. The molecule has 2 rings (SSSR count). The van der Waals surface area contributed by atoms with E-state index in [2.05, 4.69) is 36.5 Å². The van der Waals surface area contributed by atoms with Gasteiger partial charge >= 0.3 is 0 Å². The van der Waals surface area contributed by atoms with Crippen molar-refractivity contribution in [2.75, 3.05) is 11.5 Å². The molecule has 1 unspecified atom stereocenters. The highest BCUT2D eigenvalue weighted by molar-refractivity contribution is 7.91. The fourth-order valence-corrected chi connectivity index (χ4v) is 3.98. The summed E-state index contributed by atoms with van der Waals surface area (Å²) < 4.78 is 22.7. The maximum atomic E-state index is 11.3. The van der Waals surface area contributed by atoms with Gasteiger partial charge in [-0.15, -0.1) is 0 Å². The van der Waals surface area contributed by atoms with Crippen molar-refractivity contribution in [3.63, 3.8) is 0 Å². The standard InChI is InChI=1S/C14H21NO2S/c1-12(11-13-5-3-2-4-6-13)15-14-7-9-18(16,17)10-8-14/h2-6,12,14-15H,7-11H2,1H3. The van der Waals surface area contributed by atoms with Crippen molar-refractivity contribution in [3.05, 3.63) is 35.9 Å². The van der Waals surface area contributed by atoms with Gasteiger partial charge in [-0.1, -0.05) is 30.3 Å². The molecule has 100 valence electrons. The zero-order chi connectivity index (χ0) is 13.0. The monoisotopic (exact) mass is 267 g/mol. The molecule has 1 fully saturated rings. The fraction of sp³-hybridized carbons (Fsp3) is 0.571. The normalized spacial score (nSPS) is 21.6. The average molecular weight is 267 g/mol. The van der Waals surface area contributed by atoms with E-state index in [0.29, 0.717) is 23.6 Å². The number of hydrogen-bond acceptors (Lipinski definition) is 3. The van der Waals surface area contributed by atoms with Gasteiger partial charge in [-0.25, -0.2) is 8.42 Å². The van der Waals surface area contributed by atoms with Gasteiger partial charge in [0, 0.05) is 12.1 Å². The lowest BCUT2D eigenvalue weighted by Gasteiger charge is -2.26. The Morgan fingerprint density at radius 3 is 2.44 bits per heavy atom. The summed E-state index contributed by atoms with van der Waals surface area (Å²) in [6.07, 6.45) is 2.49. The third kappa shape index (κ3) is 4.10. The molecule has 0 aliphatic carbocycles. The van der Waals surface area contributed by atoms with E-state index in [1.807, 2.05) is 6.07 Å². The van der Waals surface area contributed by atoms with Crippen molar-refractivity contribution in [2.45, 2.75) is 38.3 Å². The Labute approximate surface area is 110 Å². The lowest BCUT2D eigenvalue weighted by Crippen LogP contribution is -2.42. The quantitative estimate of drug-likeness (QED) is 0.904. The minimum Gasteiger partial charge on any atom is -0.311 e. The third-order valence-electron chi connectivity index (χ3n) is 3.46. The van der Waals surface area contributed by atoms with Crippen LogP contribution in [0.1, 0.15) is 25.3 Å². The van der Waals surface area contributed by atoms with Crippen LogP contribution in [-0.4, -0.2) is 32.0 Å². The second kappa shape index (κ2) is 5.85. The summed E-state index contributed by atoms with van der Waals surface area (Å²) >= 11 is 0. The van der Waals surface area contributed by atoms with Crippen LogP contribution in [0.4, 0.5) is 0 Å². The second-order valence-electron chi connectivity index (χ2n) is 5.18. The van der Waals surface area contributed by atoms with Gasteiger partial charge in [0.15, 0.2) is 0 Å². The Bertz CT molecular complexity index is 456. The lowest BCUT2D eigenvalue weighted by atomic mass is 10.0. The zero-order valence-corrected chi connectivity index (χ0v) is 11.6. The summed E-state index contributed by atoms with van der Waals surface area (Å²) in [6.45, 7) is 2.16. The van der Waals surface area contributed by atoms with Crippen LogP contribution in [0.2, 0.25) is 0 Å². The molecule has 0 bridgehead atoms. The first-order valence-corrected chi connectivity index (χ1v) is 8.38. The summed E-state index contributed by atoms with van der Waals surface area (Å²) in [5.74, 6) is 0.672. The SMILES string of the molecule is CC(Cc1ccccc1)NC1CCS(=O)(=O)CC1. The predicted molar refractivity (Wildman–Crippen MR) is 74.4 cm³/mol. The molecule has 1 atom stereocenters. The number of benzene rings is 1. The smallest absolute Gasteiger partial charge is 0.150 e. The Balaban J connectivity index is 1.80. The lowest BCUT2D eigenvalue weighted by molar-refractivity contribution is 0.411. The van der Waals surface area contributed by atoms with Crippen LogP contribution >= 0.6 is 0 Å².